The van der Waals surface area contributed by atoms with Gasteiger partial charge in [-0.15, -0.1) is 0 Å². The van der Waals surface area contributed by atoms with Crippen LogP contribution in [0.2, 0.25) is 0 Å². The van der Waals surface area contributed by atoms with Crippen molar-refractivity contribution in [3.05, 3.63) is 0 Å². The third-order valence-corrected chi connectivity index (χ3v) is 1.56. The van der Waals surface area contributed by atoms with Gasteiger partial charge in [0.2, 0.25) is 6.10 Å². The van der Waals surface area contributed by atoms with Gasteiger partial charge in [-0.2, -0.15) is 4.89 Å². The molecule has 0 unspecified atom stereocenters. The molecule has 1 saturated heterocycles. The van der Waals surface area contributed by atoms with Gasteiger partial charge in [0.1, 0.15) is 0 Å². The molecule has 0 spiro atoms. The van der Waals surface area contributed by atoms with Crippen molar-refractivity contribution in [3.8, 4) is 0 Å². The average Bonchev–Trinajstić information content (AvgIpc) is 1.84. The number of aliphatic hydroxyl groups is 1. The van der Waals surface area contributed by atoms with E-state index in [2.05, 4.69) is 9.78 Å². The molecule has 4 nitrogen and oxygen atoms in total. The zero-order valence-electron chi connectivity index (χ0n) is 5.96. The van der Waals surface area contributed by atoms with Crippen molar-refractivity contribution in [2.75, 3.05) is 6.61 Å². The summed E-state index contributed by atoms with van der Waals surface area (Å²) >= 11 is 0. The van der Waals surface area contributed by atoms with Crippen LogP contribution in [0.15, 0.2) is 0 Å². The lowest BCUT2D eigenvalue weighted by atomic mass is 9.87. The molecule has 10 heavy (non-hydrogen) atoms. The predicted molar refractivity (Wildman–Crippen MR) is 31.8 cm³/mol. The second kappa shape index (κ2) is 2.21. The molecular formula is C6H10O4. The number of hydrogen-bond donors (Lipinski definition) is 1. The van der Waals surface area contributed by atoms with E-state index in [9.17, 15) is 4.79 Å². The first-order valence-corrected chi connectivity index (χ1v) is 3.06. The Hall–Kier alpha value is -0.610. The summed E-state index contributed by atoms with van der Waals surface area (Å²) in [7, 11) is 0. The van der Waals surface area contributed by atoms with Gasteiger partial charge in [-0.25, -0.2) is 4.79 Å². The quantitative estimate of drug-likeness (QED) is 0.551. The Morgan fingerprint density at radius 2 is 2.30 bits per heavy atom. The first-order valence-electron chi connectivity index (χ1n) is 3.06. The van der Waals surface area contributed by atoms with Crippen LogP contribution >= 0.6 is 0 Å². The van der Waals surface area contributed by atoms with E-state index in [-0.39, 0.29) is 6.61 Å². The molecule has 1 aliphatic heterocycles. The lowest BCUT2D eigenvalue weighted by Crippen LogP contribution is -2.50. The zero-order valence-corrected chi connectivity index (χ0v) is 5.96. The molecule has 0 saturated carbocycles. The zero-order chi connectivity index (χ0) is 7.78. The van der Waals surface area contributed by atoms with Crippen LogP contribution in [-0.4, -0.2) is 23.8 Å². The Balaban J connectivity index is 2.55. The number of aliphatic hydroxyl groups excluding tert-OH is 1. The average molecular weight is 146 g/mol. The largest absolute Gasteiger partial charge is 0.396 e. The van der Waals surface area contributed by atoms with Gasteiger partial charge in [0, 0.05) is 5.41 Å². The third kappa shape index (κ3) is 0.998. The second-order valence-electron chi connectivity index (χ2n) is 3.03. The molecule has 0 aromatic carbocycles. The lowest BCUT2D eigenvalue weighted by Gasteiger charge is -2.34. The number of rotatable bonds is 2. The third-order valence-electron chi connectivity index (χ3n) is 1.56. The van der Waals surface area contributed by atoms with Crippen LogP contribution in [0.1, 0.15) is 13.8 Å². The maximum atomic E-state index is 10.6. The van der Waals surface area contributed by atoms with Crippen molar-refractivity contribution < 1.29 is 19.7 Å². The van der Waals surface area contributed by atoms with Crippen LogP contribution in [0.3, 0.4) is 0 Å². The van der Waals surface area contributed by atoms with Crippen LogP contribution in [0, 0.1) is 5.41 Å². The molecule has 0 amide bonds. The van der Waals surface area contributed by atoms with Gasteiger partial charge in [0.05, 0.1) is 6.61 Å². The van der Waals surface area contributed by atoms with E-state index in [1.54, 1.807) is 13.8 Å². The molecule has 0 aliphatic carbocycles. The van der Waals surface area contributed by atoms with Crippen LogP contribution in [0.4, 0.5) is 0 Å². The lowest BCUT2D eigenvalue weighted by molar-refractivity contribution is -0.381. The van der Waals surface area contributed by atoms with E-state index in [1.807, 2.05) is 0 Å². The fourth-order valence-corrected chi connectivity index (χ4v) is 0.668. The van der Waals surface area contributed by atoms with E-state index in [1.165, 1.54) is 0 Å². The van der Waals surface area contributed by atoms with Crippen molar-refractivity contribution in [3.63, 3.8) is 0 Å². The highest BCUT2D eigenvalue weighted by Gasteiger charge is 2.46. The summed E-state index contributed by atoms with van der Waals surface area (Å²) in [6.07, 6.45) is -0.600. The molecule has 1 rings (SSSR count). The summed E-state index contributed by atoms with van der Waals surface area (Å²) < 4.78 is 0. The monoisotopic (exact) mass is 146 g/mol. The van der Waals surface area contributed by atoms with Crippen molar-refractivity contribution in [1.82, 2.24) is 0 Å². The highest BCUT2D eigenvalue weighted by molar-refractivity contribution is 5.78. The molecule has 1 N–H and O–H groups in total. The fourth-order valence-electron chi connectivity index (χ4n) is 0.668. The summed E-state index contributed by atoms with van der Waals surface area (Å²) in [5.74, 6) is -0.404. The summed E-state index contributed by atoms with van der Waals surface area (Å²) in [6, 6.07) is 0. The second-order valence-corrected chi connectivity index (χ2v) is 3.03. The van der Waals surface area contributed by atoms with E-state index in [4.69, 9.17) is 5.11 Å². The number of carbonyl (C=O) groups excluding carboxylic acids is 1. The van der Waals surface area contributed by atoms with E-state index in [0.29, 0.717) is 0 Å². The minimum Gasteiger partial charge on any atom is -0.396 e. The first kappa shape index (κ1) is 7.50. The Morgan fingerprint density at radius 1 is 1.70 bits per heavy atom. The minimum atomic E-state index is -0.600. The van der Waals surface area contributed by atoms with Crippen molar-refractivity contribution >= 4 is 5.97 Å². The topological polar surface area (TPSA) is 55.8 Å². The van der Waals surface area contributed by atoms with Crippen molar-refractivity contribution in [2.45, 2.75) is 20.0 Å². The summed E-state index contributed by atoms with van der Waals surface area (Å²) in [6.45, 7) is 3.38. The molecule has 0 bridgehead atoms. The smallest absolute Gasteiger partial charge is 0.375 e. The molecule has 1 atom stereocenters. The predicted octanol–water partition coefficient (Wildman–Crippen LogP) is -0.138. The Kier molecular flexibility index (Phi) is 1.66. The highest BCUT2D eigenvalue weighted by atomic mass is 17.3. The first-order chi connectivity index (χ1) is 4.58. The Labute approximate surface area is 58.7 Å². The van der Waals surface area contributed by atoms with Gasteiger partial charge in [0.25, 0.3) is 0 Å². The molecule has 0 radical (unpaired) electrons. The van der Waals surface area contributed by atoms with Crippen LogP contribution in [-0.2, 0) is 14.6 Å². The summed E-state index contributed by atoms with van der Waals surface area (Å²) in [4.78, 5) is 19.1. The SMILES string of the molecule is CC(C)(CO)[C@H]1OOC1=O. The van der Waals surface area contributed by atoms with E-state index >= 15 is 0 Å². The number of carbonyl (C=O) groups is 1. The van der Waals surface area contributed by atoms with Crippen molar-refractivity contribution in [1.29, 1.82) is 0 Å². The Bertz CT molecular complexity index is 152. The van der Waals surface area contributed by atoms with Crippen LogP contribution < -0.4 is 0 Å². The molecule has 0 aromatic rings. The molecular weight excluding hydrogens is 136 g/mol. The fraction of sp³-hybridized carbons (Fsp3) is 0.833. The molecule has 58 valence electrons. The van der Waals surface area contributed by atoms with Gasteiger partial charge < -0.3 is 5.11 Å². The molecule has 0 aromatic heterocycles. The molecule has 1 aliphatic rings. The highest BCUT2D eigenvalue weighted by Crippen LogP contribution is 2.29. The van der Waals surface area contributed by atoms with Crippen molar-refractivity contribution in [2.24, 2.45) is 5.41 Å². The van der Waals surface area contributed by atoms with Crippen LogP contribution in [0.5, 0.6) is 0 Å². The van der Waals surface area contributed by atoms with Gasteiger partial charge in [-0.1, -0.05) is 13.8 Å². The molecule has 4 heteroatoms. The standard InChI is InChI=1S/C6H10O4/c1-6(2,3-7)4-5(8)10-9-4/h4,7H,3H2,1-2H3/t4-/m0/s1. The molecule has 1 fully saturated rings. The maximum Gasteiger partial charge on any atom is 0.375 e. The van der Waals surface area contributed by atoms with Gasteiger partial charge in [0.15, 0.2) is 0 Å². The number of hydrogen-bond acceptors (Lipinski definition) is 4. The minimum absolute atomic E-state index is 0.0905. The summed E-state index contributed by atoms with van der Waals surface area (Å²) in [5.41, 5.74) is -0.532. The van der Waals surface area contributed by atoms with Gasteiger partial charge in [-0.05, 0) is 0 Å². The van der Waals surface area contributed by atoms with Gasteiger partial charge >= 0.3 is 5.97 Å². The van der Waals surface area contributed by atoms with E-state index in [0.717, 1.165) is 0 Å². The maximum absolute atomic E-state index is 10.6. The van der Waals surface area contributed by atoms with Gasteiger partial charge in [-0.3, -0.25) is 4.89 Å². The Morgan fingerprint density at radius 3 is 2.40 bits per heavy atom. The normalized spacial score (nSPS) is 25.5. The van der Waals surface area contributed by atoms with Crippen LogP contribution in [0.25, 0.3) is 0 Å². The molecule has 1 heterocycles. The van der Waals surface area contributed by atoms with E-state index < -0.39 is 17.5 Å². The summed E-state index contributed by atoms with van der Waals surface area (Å²) in [5, 5.41) is 8.76.